The van der Waals surface area contributed by atoms with Gasteiger partial charge in [-0.25, -0.2) is 5.43 Å². The third-order valence-corrected chi connectivity index (χ3v) is 4.71. The average molecular weight is 358 g/mol. The first kappa shape index (κ1) is 18.8. The molecule has 0 bridgehead atoms. The lowest BCUT2D eigenvalue weighted by Crippen LogP contribution is -2.21. The minimum Gasteiger partial charge on any atom is -0.273 e. The monoisotopic (exact) mass is 358 g/mol. The van der Waals surface area contributed by atoms with Crippen molar-refractivity contribution in [3.8, 4) is 0 Å². The predicted octanol–water partition coefficient (Wildman–Crippen LogP) is 5.22. The Balaban J connectivity index is 1.69. The number of hydrazone groups is 1. The highest BCUT2D eigenvalue weighted by Gasteiger charge is 2.13. The molecule has 138 valence electrons. The summed E-state index contributed by atoms with van der Waals surface area (Å²) < 4.78 is 0. The molecular formula is C24H26N2O. The Kier molecular flexibility index (Phi) is 5.41. The SMILES string of the molecule is C/C(=N/NC(=O)Cc1ccc(C(C)(C)C)cc1)c1cccc2ccccc12. The van der Waals surface area contributed by atoms with Gasteiger partial charge in [0.05, 0.1) is 12.1 Å². The van der Waals surface area contributed by atoms with Crippen molar-refractivity contribution in [1.82, 2.24) is 5.43 Å². The zero-order chi connectivity index (χ0) is 19.4. The molecule has 3 rings (SSSR count). The van der Waals surface area contributed by atoms with E-state index in [1.165, 1.54) is 5.56 Å². The molecule has 0 aliphatic heterocycles. The fourth-order valence-electron chi connectivity index (χ4n) is 3.09. The third-order valence-electron chi connectivity index (χ3n) is 4.71. The molecule has 3 aromatic rings. The number of carbonyl (C=O) groups is 1. The molecule has 0 radical (unpaired) electrons. The van der Waals surface area contributed by atoms with E-state index in [4.69, 9.17) is 0 Å². The van der Waals surface area contributed by atoms with E-state index < -0.39 is 0 Å². The predicted molar refractivity (Wildman–Crippen MR) is 113 cm³/mol. The molecule has 0 aromatic heterocycles. The molecule has 3 aromatic carbocycles. The van der Waals surface area contributed by atoms with E-state index in [9.17, 15) is 4.79 Å². The van der Waals surface area contributed by atoms with Gasteiger partial charge < -0.3 is 0 Å². The lowest BCUT2D eigenvalue weighted by atomic mass is 9.86. The molecule has 27 heavy (non-hydrogen) atoms. The Bertz CT molecular complexity index is 974. The Labute approximate surface area is 161 Å². The number of nitrogens with one attached hydrogen (secondary N) is 1. The quantitative estimate of drug-likeness (QED) is 0.504. The fraction of sp³-hybridized carbons (Fsp3) is 0.250. The summed E-state index contributed by atoms with van der Waals surface area (Å²) in [7, 11) is 0. The van der Waals surface area contributed by atoms with Crippen LogP contribution in [0.1, 0.15) is 44.4 Å². The van der Waals surface area contributed by atoms with Gasteiger partial charge in [0.1, 0.15) is 0 Å². The molecule has 0 aliphatic carbocycles. The number of amides is 1. The van der Waals surface area contributed by atoms with E-state index in [-0.39, 0.29) is 11.3 Å². The minimum atomic E-state index is -0.113. The second-order valence-corrected chi connectivity index (χ2v) is 7.88. The summed E-state index contributed by atoms with van der Waals surface area (Å²) in [6.07, 6.45) is 0.316. The van der Waals surface area contributed by atoms with E-state index >= 15 is 0 Å². The summed E-state index contributed by atoms with van der Waals surface area (Å²) in [4.78, 5) is 12.3. The second kappa shape index (κ2) is 7.75. The highest BCUT2D eigenvalue weighted by atomic mass is 16.2. The smallest absolute Gasteiger partial charge is 0.244 e. The van der Waals surface area contributed by atoms with Gasteiger partial charge in [-0.05, 0) is 34.2 Å². The first-order chi connectivity index (χ1) is 12.8. The summed E-state index contributed by atoms with van der Waals surface area (Å²) in [5.41, 5.74) is 6.87. The van der Waals surface area contributed by atoms with Gasteiger partial charge in [-0.1, -0.05) is 87.5 Å². The zero-order valence-electron chi connectivity index (χ0n) is 16.4. The summed E-state index contributed by atoms with van der Waals surface area (Å²) in [6, 6.07) is 22.5. The van der Waals surface area contributed by atoms with E-state index in [0.29, 0.717) is 6.42 Å². The molecule has 3 heteroatoms. The second-order valence-electron chi connectivity index (χ2n) is 7.88. The molecule has 0 atom stereocenters. The van der Waals surface area contributed by atoms with Crippen molar-refractivity contribution in [1.29, 1.82) is 0 Å². The van der Waals surface area contributed by atoms with Gasteiger partial charge in [0.2, 0.25) is 5.91 Å². The van der Waals surface area contributed by atoms with Crippen LogP contribution in [0.25, 0.3) is 10.8 Å². The van der Waals surface area contributed by atoms with Crippen LogP contribution in [0.2, 0.25) is 0 Å². The summed E-state index contributed by atoms with van der Waals surface area (Å²) >= 11 is 0. The van der Waals surface area contributed by atoms with E-state index in [2.05, 4.69) is 61.6 Å². The van der Waals surface area contributed by atoms with Crippen LogP contribution in [0.3, 0.4) is 0 Å². The minimum absolute atomic E-state index is 0.112. The highest BCUT2D eigenvalue weighted by Crippen LogP contribution is 2.22. The molecule has 0 unspecified atom stereocenters. The number of fused-ring (bicyclic) bond motifs is 1. The molecule has 1 amide bonds. The van der Waals surface area contributed by atoms with Crippen molar-refractivity contribution in [3.05, 3.63) is 83.4 Å². The normalized spacial score (nSPS) is 12.2. The molecular weight excluding hydrogens is 332 g/mol. The molecule has 1 N–H and O–H groups in total. The van der Waals surface area contributed by atoms with Gasteiger partial charge in [-0.2, -0.15) is 5.10 Å². The maximum absolute atomic E-state index is 12.3. The maximum Gasteiger partial charge on any atom is 0.244 e. The van der Waals surface area contributed by atoms with Gasteiger partial charge in [-0.15, -0.1) is 0 Å². The molecule has 0 fully saturated rings. The van der Waals surface area contributed by atoms with Crippen molar-refractivity contribution in [2.75, 3.05) is 0 Å². The summed E-state index contributed by atoms with van der Waals surface area (Å²) in [5, 5.41) is 6.61. The van der Waals surface area contributed by atoms with Crippen LogP contribution in [0.5, 0.6) is 0 Å². The molecule has 3 nitrogen and oxygen atoms in total. The molecule has 0 spiro atoms. The van der Waals surface area contributed by atoms with Crippen LogP contribution in [0.15, 0.2) is 71.8 Å². The van der Waals surface area contributed by atoms with Crippen LogP contribution in [-0.2, 0) is 16.6 Å². The Morgan fingerprint density at radius 3 is 2.30 bits per heavy atom. The number of rotatable bonds is 4. The average Bonchev–Trinajstić information content (AvgIpc) is 2.65. The molecule has 0 saturated heterocycles. The molecule has 0 saturated carbocycles. The zero-order valence-corrected chi connectivity index (χ0v) is 16.4. The van der Waals surface area contributed by atoms with E-state index in [1.54, 1.807) is 0 Å². The van der Waals surface area contributed by atoms with Crippen molar-refractivity contribution < 1.29 is 4.79 Å². The number of hydrogen-bond acceptors (Lipinski definition) is 2. The van der Waals surface area contributed by atoms with Crippen LogP contribution in [0, 0.1) is 0 Å². The van der Waals surface area contributed by atoms with Gasteiger partial charge in [0.15, 0.2) is 0 Å². The maximum atomic E-state index is 12.3. The van der Waals surface area contributed by atoms with Crippen LogP contribution in [-0.4, -0.2) is 11.6 Å². The van der Waals surface area contributed by atoms with Crippen molar-refractivity contribution >= 4 is 22.4 Å². The number of nitrogens with zero attached hydrogens (tertiary/aromatic N) is 1. The molecule has 0 heterocycles. The largest absolute Gasteiger partial charge is 0.273 e. The Hall–Kier alpha value is -2.94. The first-order valence-corrected chi connectivity index (χ1v) is 9.25. The van der Waals surface area contributed by atoms with Crippen LogP contribution >= 0.6 is 0 Å². The number of hydrogen-bond donors (Lipinski definition) is 1. The van der Waals surface area contributed by atoms with Gasteiger partial charge >= 0.3 is 0 Å². The van der Waals surface area contributed by atoms with E-state index in [0.717, 1.165) is 27.6 Å². The Morgan fingerprint density at radius 1 is 0.926 bits per heavy atom. The van der Waals surface area contributed by atoms with Crippen molar-refractivity contribution in [2.45, 2.75) is 39.5 Å². The van der Waals surface area contributed by atoms with Crippen molar-refractivity contribution in [3.63, 3.8) is 0 Å². The number of benzene rings is 3. The van der Waals surface area contributed by atoms with Gasteiger partial charge in [-0.3, -0.25) is 4.79 Å². The summed E-state index contributed by atoms with van der Waals surface area (Å²) in [5.74, 6) is -0.113. The fourth-order valence-corrected chi connectivity index (χ4v) is 3.09. The standard InChI is InChI=1S/C24H26N2O/c1-17(21-11-7-9-19-8-5-6-10-22(19)21)25-26-23(27)16-18-12-14-20(15-13-18)24(2,3)4/h5-15H,16H2,1-4H3,(H,26,27)/b25-17-. The Morgan fingerprint density at radius 2 is 1.59 bits per heavy atom. The first-order valence-electron chi connectivity index (χ1n) is 9.25. The topological polar surface area (TPSA) is 41.5 Å². The van der Waals surface area contributed by atoms with Gasteiger partial charge in [0.25, 0.3) is 0 Å². The lowest BCUT2D eigenvalue weighted by molar-refractivity contribution is -0.120. The lowest BCUT2D eigenvalue weighted by Gasteiger charge is -2.19. The van der Waals surface area contributed by atoms with Gasteiger partial charge in [0, 0.05) is 5.56 Å². The number of carbonyl (C=O) groups excluding carboxylic acids is 1. The van der Waals surface area contributed by atoms with E-state index in [1.807, 2.05) is 43.3 Å². The van der Waals surface area contributed by atoms with Crippen LogP contribution < -0.4 is 5.43 Å². The molecule has 0 aliphatic rings. The third kappa shape index (κ3) is 4.62. The summed E-state index contributed by atoms with van der Waals surface area (Å²) in [6.45, 7) is 8.46. The van der Waals surface area contributed by atoms with Crippen LogP contribution in [0.4, 0.5) is 0 Å². The van der Waals surface area contributed by atoms with Crippen molar-refractivity contribution in [2.24, 2.45) is 5.10 Å². The highest BCUT2D eigenvalue weighted by molar-refractivity contribution is 6.09.